The first-order chi connectivity index (χ1) is 14.4. The van der Waals surface area contributed by atoms with E-state index >= 15 is 0 Å². The van der Waals surface area contributed by atoms with Gasteiger partial charge in [0.1, 0.15) is 11.8 Å². The summed E-state index contributed by atoms with van der Waals surface area (Å²) >= 11 is 5.93. The lowest BCUT2D eigenvalue weighted by molar-refractivity contribution is -0.123. The first-order valence-corrected chi connectivity index (χ1v) is 10.1. The molecule has 0 bridgehead atoms. The van der Waals surface area contributed by atoms with Crippen molar-refractivity contribution in [3.63, 3.8) is 0 Å². The largest absolute Gasteiger partial charge is 0.440 e. The van der Waals surface area contributed by atoms with Gasteiger partial charge in [-0.3, -0.25) is 9.59 Å². The van der Waals surface area contributed by atoms with E-state index in [0.29, 0.717) is 29.6 Å². The van der Waals surface area contributed by atoms with E-state index in [1.165, 1.54) is 6.21 Å². The van der Waals surface area contributed by atoms with Gasteiger partial charge in [0, 0.05) is 29.7 Å². The molecule has 1 atom stereocenters. The molecular weight excluding hydrogens is 408 g/mol. The number of furan rings is 1. The number of nitrogens with one attached hydrogen (secondary N) is 2. The third-order valence-corrected chi connectivity index (χ3v) is 4.86. The number of hydrogen-bond acceptors (Lipinski definition) is 6. The molecule has 1 unspecified atom stereocenters. The summed E-state index contributed by atoms with van der Waals surface area (Å²) in [5.41, 5.74) is 2.85. The normalized spacial score (nSPS) is 15.4. The van der Waals surface area contributed by atoms with Crippen LogP contribution in [0.25, 0.3) is 0 Å². The van der Waals surface area contributed by atoms with Crippen molar-refractivity contribution in [2.24, 2.45) is 11.0 Å². The van der Waals surface area contributed by atoms with Gasteiger partial charge in [-0.25, -0.2) is 5.43 Å². The van der Waals surface area contributed by atoms with Crippen molar-refractivity contribution in [3.05, 3.63) is 52.7 Å². The molecule has 1 aromatic heterocycles. The molecule has 0 radical (unpaired) electrons. The minimum atomic E-state index is -0.755. The number of nitrogens with zero attached hydrogens (tertiary/aromatic N) is 2. The molecule has 1 fully saturated rings. The van der Waals surface area contributed by atoms with E-state index in [2.05, 4.69) is 20.7 Å². The van der Waals surface area contributed by atoms with Crippen LogP contribution < -0.4 is 15.6 Å². The van der Waals surface area contributed by atoms with E-state index in [-0.39, 0.29) is 11.8 Å². The number of carbonyl (C=O) groups is 2. The second kappa shape index (κ2) is 10.3. The lowest BCUT2D eigenvalue weighted by atomic mass is 10.0. The van der Waals surface area contributed by atoms with Gasteiger partial charge in [-0.15, -0.1) is 0 Å². The first-order valence-electron chi connectivity index (χ1n) is 9.76. The molecule has 8 nitrogen and oxygen atoms in total. The van der Waals surface area contributed by atoms with Gasteiger partial charge in [0.05, 0.1) is 19.4 Å². The summed E-state index contributed by atoms with van der Waals surface area (Å²) in [6.45, 7) is 6.54. The molecule has 0 spiro atoms. The Morgan fingerprint density at radius 1 is 1.20 bits per heavy atom. The summed E-state index contributed by atoms with van der Waals surface area (Å²) in [6.07, 6.45) is 1.43. The molecule has 2 aromatic rings. The third kappa shape index (κ3) is 5.84. The Kier molecular flexibility index (Phi) is 7.48. The van der Waals surface area contributed by atoms with Gasteiger partial charge in [0.2, 0.25) is 0 Å². The van der Waals surface area contributed by atoms with Gasteiger partial charge >= 0.3 is 0 Å². The van der Waals surface area contributed by atoms with E-state index < -0.39 is 11.9 Å². The average Bonchev–Trinajstić information content (AvgIpc) is 3.21. The summed E-state index contributed by atoms with van der Waals surface area (Å²) < 4.78 is 11.1. The number of amides is 2. The van der Waals surface area contributed by atoms with Crippen LogP contribution in [-0.2, 0) is 9.53 Å². The molecule has 30 heavy (non-hydrogen) atoms. The van der Waals surface area contributed by atoms with Crippen molar-refractivity contribution in [2.45, 2.75) is 19.9 Å². The minimum Gasteiger partial charge on any atom is -0.440 e. The molecule has 2 N–H and O–H groups in total. The highest BCUT2D eigenvalue weighted by atomic mass is 35.5. The van der Waals surface area contributed by atoms with Gasteiger partial charge in [-0.2, -0.15) is 5.10 Å². The Morgan fingerprint density at radius 3 is 2.67 bits per heavy atom. The van der Waals surface area contributed by atoms with Crippen LogP contribution in [0.4, 0.5) is 5.88 Å². The number of carbonyl (C=O) groups excluding carboxylic acids is 2. The minimum absolute atomic E-state index is 0.139. The molecule has 1 aliphatic heterocycles. The molecule has 0 aliphatic carbocycles. The van der Waals surface area contributed by atoms with Crippen molar-refractivity contribution in [1.82, 2.24) is 10.7 Å². The Morgan fingerprint density at radius 2 is 1.97 bits per heavy atom. The zero-order chi connectivity index (χ0) is 21.5. The number of morpholine rings is 1. The summed E-state index contributed by atoms with van der Waals surface area (Å²) in [4.78, 5) is 27.1. The van der Waals surface area contributed by atoms with Gasteiger partial charge in [0.25, 0.3) is 11.8 Å². The molecule has 1 aliphatic rings. The second-order valence-electron chi connectivity index (χ2n) is 7.22. The predicted molar refractivity (Wildman–Crippen MR) is 115 cm³/mol. The maximum absolute atomic E-state index is 12.5. The third-order valence-electron chi connectivity index (χ3n) is 4.62. The molecule has 1 aromatic carbocycles. The van der Waals surface area contributed by atoms with Gasteiger partial charge in [0.15, 0.2) is 5.88 Å². The van der Waals surface area contributed by atoms with E-state index in [0.717, 1.165) is 19.0 Å². The number of hydrogen-bond donors (Lipinski definition) is 2. The van der Waals surface area contributed by atoms with E-state index in [9.17, 15) is 9.59 Å². The van der Waals surface area contributed by atoms with Crippen LogP contribution >= 0.6 is 11.6 Å². The van der Waals surface area contributed by atoms with Crippen molar-refractivity contribution in [1.29, 1.82) is 0 Å². The highest BCUT2D eigenvalue weighted by Crippen LogP contribution is 2.18. The number of rotatable bonds is 7. The zero-order valence-electron chi connectivity index (χ0n) is 16.9. The number of anilines is 1. The van der Waals surface area contributed by atoms with E-state index in [1.807, 2.05) is 19.9 Å². The molecule has 9 heteroatoms. The number of hydrazone groups is 1. The highest BCUT2D eigenvalue weighted by Gasteiger charge is 2.24. The number of halogens is 1. The SMILES string of the molecule is CC(C)C(NC(=O)c1cccc(Cl)c1)C(=O)NN=Cc1ccc(N2CCOCC2)o1. The lowest BCUT2D eigenvalue weighted by Crippen LogP contribution is -2.48. The summed E-state index contributed by atoms with van der Waals surface area (Å²) in [7, 11) is 0. The topological polar surface area (TPSA) is 96.2 Å². The van der Waals surface area contributed by atoms with Gasteiger partial charge in [-0.1, -0.05) is 31.5 Å². The van der Waals surface area contributed by atoms with Crippen LogP contribution in [0.3, 0.4) is 0 Å². The molecule has 1 saturated heterocycles. The Labute approximate surface area is 180 Å². The summed E-state index contributed by atoms with van der Waals surface area (Å²) in [5.74, 6) is 0.314. The fourth-order valence-corrected chi connectivity index (χ4v) is 3.17. The second-order valence-corrected chi connectivity index (χ2v) is 7.65. The molecule has 3 rings (SSSR count). The number of benzene rings is 1. The van der Waals surface area contributed by atoms with Crippen molar-refractivity contribution < 1.29 is 18.7 Å². The highest BCUT2D eigenvalue weighted by molar-refractivity contribution is 6.31. The smallest absolute Gasteiger partial charge is 0.262 e. The summed E-state index contributed by atoms with van der Waals surface area (Å²) in [6, 6.07) is 9.43. The van der Waals surface area contributed by atoms with Crippen LogP contribution in [-0.4, -0.2) is 50.4 Å². The van der Waals surface area contributed by atoms with Gasteiger partial charge < -0.3 is 19.4 Å². The Hall–Kier alpha value is -2.84. The number of ether oxygens (including phenoxy) is 1. The van der Waals surface area contributed by atoms with Crippen LogP contribution in [0.5, 0.6) is 0 Å². The quantitative estimate of drug-likeness (QED) is 0.518. The van der Waals surface area contributed by atoms with Crippen molar-refractivity contribution in [2.75, 3.05) is 31.2 Å². The van der Waals surface area contributed by atoms with Crippen LogP contribution in [0, 0.1) is 5.92 Å². The standard InChI is InChI=1S/C21H25ClN4O4/c1-14(2)19(24-20(27)15-4-3-5-16(22)12-15)21(28)25-23-13-17-6-7-18(30-17)26-8-10-29-11-9-26/h3-7,12-14,19H,8-11H2,1-2H3,(H,24,27)(H,25,28). The zero-order valence-corrected chi connectivity index (χ0v) is 17.7. The Bertz CT molecular complexity index is 906. The molecule has 0 saturated carbocycles. The first kappa shape index (κ1) is 21.9. The Balaban J connectivity index is 1.57. The van der Waals surface area contributed by atoms with E-state index in [1.54, 1.807) is 30.3 Å². The van der Waals surface area contributed by atoms with Crippen molar-refractivity contribution >= 4 is 35.5 Å². The molecule has 160 valence electrons. The van der Waals surface area contributed by atoms with E-state index in [4.69, 9.17) is 20.8 Å². The fourth-order valence-electron chi connectivity index (χ4n) is 2.98. The average molecular weight is 433 g/mol. The van der Waals surface area contributed by atoms with Crippen LogP contribution in [0.15, 0.2) is 45.9 Å². The molecule has 2 amide bonds. The van der Waals surface area contributed by atoms with Gasteiger partial charge in [-0.05, 0) is 30.2 Å². The monoisotopic (exact) mass is 432 g/mol. The van der Waals surface area contributed by atoms with Crippen LogP contribution in [0.1, 0.15) is 30.0 Å². The molecule has 2 heterocycles. The summed E-state index contributed by atoms with van der Waals surface area (Å²) in [5, 5.41) is 7.15. The fraction of sp³-hybridized carbons (Fsp3) is 0.381. The van der Waals surface area contributed by atoms with Crippen LogP contribution in [0.2, 0.25) is 5.02 Å². The maximum Gasteiger partial charge on any atom is 0.262 e. The molecular formula is C21H25ClN4O4. The van der Waals surface area contributed by atoms with Crippen molar-refractivity contribution in [3.8, 4) is 0 Å². The predicted octanol–water partition coefficient (Wildman–Crippen LogP) is 2.67. The maximum atomic E-state index is 12.5. The lowest BCUT2D eigenvalue weighted by Gasteiger charge is -2.26.